The number of ether oxygens (including phenoxy) is 1. The fourth-order valence-corrected chi connectivity index (χ4v) is 2.30. The van der Waals surface area contributed by atoms with Gasteiger partial charge in [-0.05, 0) is 35.4 Å². The van der Waals surface area contributed by atoms with E-state index in [4.69, 9.17) is 4.74 Å². The first kappa shape index (κ1) is 13.5. The van der Waals surface area contributed by atoms with Crippen LogP contribution in [-0.4, -0.2) is 17.2 Å². The highest BCUT2D eigenvalue weighted by molar-refractivity contribution is 5.79. The third kappa shape index (κ3) is 2.58. The molecule has 2 aromatic carbocycles. The molecule has 1 heterocycles. The number of halogens is 1. The van der Waals surface area contributed by atoms with Gasteiger partial charge in [-0.2, -0.15) is 0 Å². The van der Waals surface area contributed by atoms with E-state index in [2.05, 4.69) is 4.98 Å². The van der Waals surface area contributed by atoms with Crippen molar-refractivity contribution in [2.45, 2.75) is 6.10 Å². The van der Waals surface area contributed by atoms with Gasteiger partial charge in [-0.3, -0.25) is 4.98 Å². The summed E-state index contributed by atoms with van der Waals surface area (Å²) in [7, 11) is 1.41. The van der Waals surface area contributed by atoms with Crippen molar-refractivity contribution in [2.75, 3.05) is 7.11 Å². The van der Waals surface area contributed by atoms with Crippen molar-refractivity contribution in [3.05, 3.63) is 71.7 Å². The van der Waals surface area contributed by atoms with E-state index in [1.54, 1.807) is 12.3 Å². The van der Waals surface area contributed by atoms with E-state index in [1.807, 2.05) is 30.3 Å². The molecule has 0 fully saturated rings. The van der Waals surface area contributed by atoms with Crippen LogP contribution in [0.5, 0.6) is 5.75 Å². The van der Waals surface area contributed by atoms with Crippen LogP contribution in [0, 0.1) is 5.82 Å². The Labute approximate surface area is 121 Å². The summed E-state index contributed by atoms with van der Waals surface area (Å²) < 4.78 is 18.6. The Morgan fingerprint density at radius 2 is 1.86 bits per heavy atom. The summed E-state index contributed by atoms with van der Waals surface area (Å²) in [5.41, 5.74) is 1.94. The molecule has 0 saturated heterocycles. The number of hydrogen-bond donors (Lipinski definition) is 1. The van der Waals surface area contributed by atoms with E-state index in [-0.39, 0.29) is 5.75 Å². The van der Waals surface area contributed by atoms with Gasteiger partial charge in [0, 0.05) is 11.6 Å². The minimum absolute atomic E-state index is 0.158. The molecule has 1 N–H and O–H groups in total. The monoisotopic (exact) mass is 283 g/mol. The lowest BCUT2D eigenvalue weighted by atomic mass is 10.00. The Hall–Kier alpha value is -2.46. The van der Waals surface area contributed by atoms with E-state index in [9.17, 15) is 9.50 Å². The van der Waals surface area contributed by atoms with E-state index >= 15 is 0 Å². The van der Waals surface area contributed by atoms with Crippen LogP contribution in [-0.2, 0) is 0 Å². The molecule has 1 aromatic heterocycles. The molecule has 0 aliphatic carbocycles. The van der Waals surface area contributed by atoms with Gasteiger partial charge < -0.3 is 9.84 Å². The summed E-state index contributed by atoms with van der Waals surface area (Å²) in [6.45, 7) is 0. The highest BCUT2D eigenvalue weighted by Gasteiger charge is 2.14. The summed E-state index contributed by atoms with van der Waals surface area (Å²) in [5.74, 6) is -0.334. The molecule has 21 heavy (non-hydrogen) atoms. The number of rotatable bonds is 3. The summed E-state index contributed by atoms with van der Waals surface area (Å²) >= 11 is 0. The number of hydrogen-bond acceptors (Lipinski definition) is 3. The minimum Gasteiger partial charge on any atom is -0.494 e. The number of pyridine rings is 1. The van der Waals surface area contributed by atoms with Gasteiger partial charge in [-0.25, -0.2) is 4.39 Å². The van der Waals surface area contributed by atoms with Gasteiger partial charge in [-0.15, -0.1) is 0 Å². The van der Waals surface area contributed by atoms with Gasteiger partial charge in [0.15, 0.2) is 11.6 Å². The molecular weight excluding hydrogens is 269 g/mol. The van der Waals surface area contributed by atoms with E-state index in [1.165, 1.54) is 19.2 Å². The third-order valence-electron chi connectivity index (χ3n) is 3.44. The summed E-state index contributed by atoms with van der Waals surface area (Å²) in [4.78, 5) is 4.26. The van der Waals surface area contributed by atoms with Crippen LogP contribution in [0.4, 0.5) is 4.39 Å². The van der Waals surface area contributed by atoms with Crippen LogP contribution < -0.4 is 4.74 Å². The fourth-order valence-electron chi connectivity index (χ4n) is 2.30. The molecule has 3 nitrogen and oxygen atoms in total. The molecule has 1 atom stereocenters. The van der Waals surface area contributed by atoms with Gasteiger partial charge in [0.05, 0.1) is 12.6 Å². The van der Waals surface area contributed by atoms with Crippen LogP contribution in [0.25, 0.3) is 10.9 Å². The zero-order valence-electron chi connectivity index (χ0n) is 11.5. The standard InChI is InChI=1S/C17H14FNO2/c1-21-16-7-6-12(9-14(16)18)17(20)13-5-4-11-3-2-8-19-15(11)10-13/h2-10,17,20H,1H3. The van der Waals surface area contributed by atoms with Crippen LogP contribution in [0.15, 0.2) is 54.7 Å². The molecular formula is C17H14FNO2. The second-order valence-electron chi connectivity index (χ2n) is 4.75. The van der Waals surface area contributed by atoms with Crippen molar-refractivity contribution in [1.82, 2.24) is 4.98 Å². The number of benzene rings is 2. The Balaban J connectivity index is 1.99. The summed E-state index contributed by atoms with van der Waals surface area (Å²) in [6.07, 6.45) is 0.794. The molecule has 0 amide bonds. The molecule has 0 spiro atoms. The van der Waals surface area contributed by atoms with Crippen molar-refractivity contribution in [3.63, 3.8) is 0 Å². The Morgan fingerprint density at radius 1 is 1.10 bits per heavy atom. The predicted molar refractivity (Wildman–Crippen MR) is 78.8 cm³/mol. The third-order valence-corrected chi connectivity index (χ3v) is 3.44. The molecule has 0 saturated carbocycles. The molecule has 0 radical (unpaired) electrons. The fraction of sp³-hybridized carbons (Fsp3) is 0.118. The predicted octanol–water partition coefficient (Wildman–Crippen LogP) is 3.46. The topological polar surface area (TPSA) is 42.4 Å². The van der Waals surface area contributed by atoms with Gasteiger partial charge in [0.2, 0.25) is 0 Å². The maximum Gasteiger partial charge on any atom is 0.165 e. The maximum atomic E-state index is 13.7. The Bertz CT molecular complexity index is 789. The number of methoxy groups -OCH3 is 1. The van der Waals surface area contributed by atoms with Gasteiger partial charge in [0.25, 0.3) is 0 Å². The number of aromatic nitrogens is 1. The molecule has 4 heteroatoms. The molecule has 106 valence electrons. The van der Waals surface area contributed by atoms with Crippen LogP contribution in [0.3, 0.4) is 0 Å². The SMILES string of the molecule is COc1ccc(C(O)c2ccc3cccnc3c2)cc1F. The van der Waals surface area contributed by atoms with E-state index in [0.29, 0.717) is 11.1 Å². The average molecular weight is 283 g/mol. The first-order valence-corrected chi connectivity index (χ1v) is 6.55. The lowest BCUT2D eigenvalue weighted by Gasteiger charge is -2.13. The average Bonchev–Trinajstić information content (AvgIpc) is 2.53. The molecule has 3 aromatic rings. The van der Waals surface area contributed by atoms with E-state index < -0.39 is 11.9 Å². The van der Waals surface area contributed by atoms with Crippen LogP contribution in [0.1, 0.15) is 17.2 Å². The molecule has 3 rings (SSSR count). The highest BCUT2D eigenvalue weighted by atomic mass is 19.1. The zero-order chi connectivity index (χ0) is 14.8. The zero-order valence-corrected chi connectivity index (χ0v) is 11.5. The maximum absolute atomic E-state index is 13.7. The number of nitrogens with zero attached hydrogens (tertiary/aromatic N) is 1. The van der Waals surface area contributed by atoms with Crippen LogP contribution in [0.2, 0.25) is 0 Å². The second kappa shape index (κ2) is 5.50. The van der Waals surface area contributed by atoms with Crippen molar-refractivity contribution in [3.8, 4) is 5.75 Å². The van der Waals surface area contributed by atoms with E-state index in [0.717, 1.165) is 10.9 Å². The van der Waals surface area contributed by atoms with Crippen LogP contribution >= 0.6 is 0 Å². The molecule has 0 aliphatic heterocycles. The highest BCUT2D eigenvalue weighted by Crippen LogP contribution is 2.27. The first-order valence-electron chi connectivity index (χ1n) is 6.55. The number of aliphatic hydroxyl groups is 1. The lowest BCUT2D eigenvalue weighted by Crippen LogP contribution is -2.01. The molecule has 0 bridgehead atoms. The normalized spacial score (nSPS) is 12.3. The molecule has 1 unspecified atom stereocenters. The lowest BCUT2D eigenvalue weighted by molar-refractivity contribution is 0.219. The largest absolute Gasteiger partial charge is 0.494 e. The first-order chi connectivity index (χ1) is 10.2. The van der Waals surface area contributed by atoms with Crippen molar-refractivity contribution in [2.24, 2.45) is 0 Å². The summed E-state index contributed by atoms with van der Waals surface area (Å²) in [6, 6.07) is 13.8. The second-order valence-corrected chi connectivity index (χ2v) is 4.75. The number of fused-ring (bicyclic) bond motifs is 1. The quantitative estimate of drug-likeness (QED) is 0.800. The van der Waals surface area contributed by atoms with Crippen molar-refractivity contribution < 1.29 is 14.2 Å². The smallest absolute Gasteiger partial charge is 0.165 e. The van der Waals surface area contributed by atoms with Gasteiger partial charge >= 0.3 is 0 Å². The number of aliphatic hydroxyl groups excluding tert-OH is 1. The molecule has 0 aliphatic rings. The van der Waals surface area contributed by atoms with Gasteiger partial charge in [0.1, 0.15) is 6.10 Å². The summed E-state index contributed by atoms with van der Waals surface area (Å²) in [5, 5.41) is 11.4. The minimum atomic E-state index is -0.906. The Morgan fingerprint density at radius 3 is 2.62 bits per heavy atom. The Kier molecular flexibility index (Phi) is 3.54. The van der Waals surface area contributed by atoms with Crippen molar-refractivity contribution >= 4 is 10.9 Å². The van der Waals surface area contributed by atoms with Gasteiger partial charge in [-0.1, -0.05) is 24.3 Å². The van der Waals surface area contributed by atoms with Crippen molar-refractivity contribution in [1.29, 1.82) is 0 Å².